The van der Waals surface area contributed by atoms with Crippen LogP contribution in [0, 0.1) is 20.8 Å². The van der Waals surface area contributed by atoms with Crippen molar-refractivity contribution in [1.29, 1.82) is 0 Å². The van der Waals surface area contributed by atoms with Crippen LogP contribution in [0.25, 0.3) is 0 Å². The fourth-order valence-corrected chi connectivity index (χ4v) is 1.84. The Bertz CT molecular complexity index is 541. The first kappa shape index (κ1) is 11.5. The van der Waals surface area contributed by atoms with Crippen molar-refractivity contribution in [3.05, 3.63) is 53.0 Å². The number of hydrogen-bond donors (Lipinski definition) is 1. The second kappa shape index (κ2) is 4.45. The van der Waals surface area contributed by atoms with Gasteiger partial charge in [-0.15, -0.1) is 0 Å². The Kier molecular flexibility index (Phi) is 3.00. The van der Waals surface area contributed by atoms with Crippen LogP contribution in [-0.4, -0.2) is 5.91 Å². The fraction of sp³-hybridized carbons (Fsp3) is 0.214. The first-order valence-corrected chi connectivity index (χ1v) is 5.52. The Morgan fingerprint density at radius 1 is 1.06 bits per heavy atom. The normalized spacial score (nSPS) is 10.3. The van der Waals surface area contributed by atoms with Gasteiger partial charge in [-0.1, -0.05) is 18.2 Å². The van der Waals surface area contributed by atoms with E-state index in [1.807, 2.05) is 44.2 Å². The molecule has 0 saturated heterocycles. The third-order valence-electron chi connectivity index (χ3n) is 2.82. The Labute approximate surface area is 100 Å². The van der Waals surface area contributed by atoms with Crippen LogP contribution in [0.5, 0.6) is 0 Å². The Morgan fingerprint density at radius 3 is 2.24 bits per heavy atom. The molecule has 0 unspecified atom stereocenters. The fourth-order valence-electron chi connectivity index (χ4n) is 1.84. The lowest BCUT2D eigenvalue weighted by molar-refractivity contribution is 0.102. The molecule has 0 fully saturated rings. The number of rotatable bonds is 2. The van der Waals surface area contributed by atoms with E-state index < -0.39 is 0 Å². The molecular weight excluding hydrogens is 214 g/mol. The maximum atomic E-state index is 12.1. The van der Waals surface area contributed by atoms with Crippen LogP contribution in [0.4, 0.5) is 5.69 Å². The molecule has 1 heterocycles. The van der Waals surface area contributed by atoms with Gasteiger partial charge in [0, 0.05) is 11.3 Å². The van der Waals surface area contributed by atoms with Gasteiger partial charge >= 0.3 is 0 Å². The van der Waals surface area contributed by atoms with Gasteiger partial charge in [0.05, 0.1) is 5.56 Å². The lowest BCUT2D eigenvalue weighted by Crippen LogP contribution is -2.13. The van der Waals surface area contributed by atoms with Gasteiger partial charge in [0.2, 0.25) is 0 Å². The summed E-state index contributed by atoms with van der Waals surface area (Å²) in [5, 5.41) is 2.85. The first-order valence-electron chi connectivity index (χ1n) is 5.52. The van der Waals surface area contributed by atoms with Crippen molar-refractivity contribution in [2.75, 3.05) is 5.32 Å². The van der Waals surface area contributed by atoms with Gasteiger partial charge < -0.3 is 9.73 Å². The number of furan rings is 1. The summed E-state index contributed by atoms with van der Waals surface area (Å²) in [5.74, 6) is 1.33. The summed E-state index contributed by atoms with van der Waals surface area (Å²) < 4.78 is 5.44. The van der Waals surface area contributed by atoms with Gasteiger partial charge in [-0.05, 0) is 32.9 Å². The van der Waals surface area contributed by atoms with Crippen LogP contribution >= 0.6 is 0 Å². The van der Waals surface area contributed by atoms with Gasteiger partial charge in [0.1, 0.15) is 11.5 Å². The Hall–Kier alpha value is -2.03. The Balaban J connectivity index is 2.27. The lowest BCUT2D eigenvalue weighted by Gasteiger charge is -2.04. The molecule has 0 aliphatic heterocycles. The molecule has 0 radical (unpaired) electrons. The van der Waals surface area contributed by atoms with E-state index in [4.69, 9.17) is 4.42 Å². The van der Waals surface area contributed by atoms with Gasteiger partial charge in [0.25, 0.3) is 5.91 Å². The average molecular weight is 229 g/mol. The van der Waals surface area contributed by atoms with Crippen molar-refractivity contribution in [1.82, 2.24) is 0 Å². The van der Waals surface area contributed by atoms with Gasteiger partial charge in [-0.2, -0.15) is 0 Å². The molecule has 1 aromatic carbocycles. The van der Waals surface area contributed by atoms with Crippen LogP contribution in [0.1, 0.15) is 27.4 Å². The minimum absolute atomic E-state index is 0.122. The van der Waals surface area contributed by atoms with Gasteiger partial charge in [-0.3, -0.25) is 4.79 Å². The van der Waals surface area contributed by atoms with E-state index in [2.05, 4.69) is 5.32 Å². The molecule has 3 heteroatoms. The molecule has 0 bridgehead atoms. The standard InChI is InChI=1S/C14H15NO2/c1-9-10(2)17-11(3)13(9)14(16)15-12-7-5-4-6-8-12/h4-8H,1-3H3,(H,15,16). The van der Waals surface area contributed by atoms with E-state index in [-0.39, 0.29) is 5.91 Å². The summed E-state index contributed by atoms with van der Waals surface area (Å²) >= 11 is 0. The molecule has 1 N–H and O–H groups in total. The molecule has 0 aliphatic rings. The summed E-state index contributed by atoms with van der Waals surface area (Å²) in [7, 11) is 0. The topological polar surface area (TPSA) is 42.2 Å². The van der Waals surface area contributed by atoms with Crippen LogP contribution in [0.15, 0.2) is 34.7 Å². The molecule has 0 saturated carbocycles. The van der Waals surface area contributed by atoms with Crippen LogP contribution < -0.4 is 5.32 Å². The summed E-state index contributed by atoms with van der Waals surface area (Å²) in [6.45, 7) is 5.56. The van der Waals surface area contributed by atoms with Crippen molar-refractivity contribution >= 4 is 11.6 Å². The first-order chi connectivity index (χ1) is 8.09. The zero-order chi connectivity index (χ0) is 12.4. The summed E-state index contributed by atoms with van der Waals surface area (Å²) in [6.07, 6.45) is 0. The molecule has 2 rings (SSSR count). The third kappa shape index (κ3) is 2.23. The maximum Gasteiger partial charge on any atom is 0.259 e. The molecule has 0 spiro atoms. The van der Waals surface area contributed by atoms with E-state index in [0.29, 0.717) is 11.3 Å². The Morgan fingerprint density at radius 2 is 1.71 bits per heavy atom. The summed E-state index contributed by atoms with van der Waals surface area (Å²) in [4.78, 5) is 12.1. The second-order valence-corrected chi connectivity index (χ2v) is 4.03. The van der Waals surface area contributed by atoms with E-state index in [9.17, 15) is 4.79 Å². The highest BCUT2D eigenvalue weighted by Gasteiger charge is 2.18. The minimum Gasteiger partial charge on any atom is -0.466 e. The van der Waals surface area contributed by atoms with E-state index in [1.54, 1.807) is 6.92 Å². The number of nitrogens with one attached hydrogen (secondary N) is 1. The molecule has 1 aromatic heterocycles. The number of carbonyl (C=O) groups is 1. The van der Waals surface area contributed by atoms with Crippen molar-refractivity contribution in [3.63, 3.8) is 0 Å². The smallest absolute Gasteiger partial charge is 0.259 e. The van der Waals surface area contributed by atoms with Crippen molar-refractivity contribution < 1.29 is 9.21 Å². The number of hydrogen-bond acceptors (Lipinski definition) is 2. The predicted octanol–water partition coefficient (Wildman–Crippen LogP) is 3.46. The minimum atomic E-state index is -0.122. The van der Waals surface area contributed by atoms with Crippen LogP contribution in [0.3, 0.4) is 0 Å². The number of carbonyl (C=O) groups excluding carboxylic acids is 1. The van der Waals surface area contributed by atoms with E-state index in [1.165, 1.54) is 0 Å². The maximum absolute atomic E-state index is 12.1. The number of para-hydroxylation sites is 1. The molecule has 2 aromatic rings. The van der Waals surface area contributed by atoms with E-state index in [0.717, 1.165) is 17.0 Å². The van der Waals surface area contributed by atoms with Gasteiger partial charge in [0.15, 0.2) is 0 Å². The monoisotopic (exact) mass is 229 g/mol. The second-order valence-electron chi connectivity index (χ2n) is 4.03. The number of aryl methyl sites for hydroxylation is 2. The summed E-state index contributed by atoms with van der Waals surface area (Å²) in [6, 6.07) is 9.39. The highest BCUT2D eigenvalue weighted by Crippen LogP contribution is 2.21. The molecule has 3 nitrogen and oxygen atoms in total. The highest BCUT2D eigenvalue weighted by molar-refractivity contribution is 6.06. The number of amides is 1. The SMILES string of the molecule is Cc1oc(C)c(C(=O)Nc2ccccc2)c1C. The van der Waals surface area contributed by atoms with Crippen molar-refractivity contribution in [2.45, 2.75) is 20.8 Å². The average Bonchev–Trinajstić information content (AvgIpc) is 2.54. The quantitative estimate of drug-likeness (QED) is 0.856. The number of benzene rings is 1. The summed E-state index contributed by atoms with van der Waals surface area (Å²) in [5.41, 5.74) is 2.32. The molecule has 1 amide bonds. The number of anilines is 1. The predicted molar refractivity (Wildman–Crippen MR) is 67.3 cm³/mol. The molecule has 88 valence electrons. The molecule has 17 heavy (non-hydrogen) atoms. The third-order valence-corrected chi connectivity index (χ3v) is 2.82. The van der Waals surface area contributed by atoms with Crippen LogP contribution in [0.2, 0.25) is 0 Å². The zero-order valence-electron chi connectivity index (χ0n) is 10.2. The van der Waals surface area contributed by atoms with E-state index >= 15 is 0 Å². The highest BCUT2D eigenvalue weighted by atomic mass is 16.3. The largest absolute Gasteiger partial charge is 0.466 e. The molecule has 0 atom stereocenters. The lowest BCUT2D eigenvalue weighted by atomic mass is 10.1. The van der Waals surface area contributed by atoms with Crippen molar-refractivity contribution in [2.24, 2.45) is 0 Å². The van der Waals surface area contributed by atoms with Gasteiger partial charge in [-0.25, -0.2) is 0 Å². The molecule has 0 aliphatic carbocycles. The molecular formula is C14H15NO2. The van der Waals surface area contributed by atoms with Crippen LogP contribution in [-0.2, 0) is 0 Å². The zero-order valence-corrected chi connectivity index (χ0v) is 10.2. The van der Waals surface area contributed by atoms with Crippen molar-refractivity contribution in [3.8, 4) is 0 Å².